The van der Waals surface area contributed by atoms with Crippen LogP contribution >= 0.6 is 15.9 Å². The van der Waals surface area contributed by atoms with Crippen LogP contribution in [0.4, 0.5) is 14.5 Å². The van der Waals surface area contributed by atoms with Crippen molar-refractivity contribution in [2.45, 2.75) is 6.04 Å². The number of hydrogen-bond donors (Lipinski definition) is 1. The summed E-state index contributed by atoms with van der Waals surface area (Å²) in [5.74, 6) is -2.02. The van der Waals surface area contributed by atoms with Gasteiger partial charge in [0.15, 0.2) is 6.04 Å². The van der Waals surface area contributed by atoms with Crippen LogP contribution in [0.5, 0.6) is 0 Å². The predicted octanol–water partition coefficient (Wildman–Crippen LogP) is 4.05. The fraction of sp³-hybridized carbons (Fsp3) is 0.133. The van der Waals surface area contributed by atoms with E-state index in [0.29, 0.717) is 5.69 Å². The molecule has 21 heavy (non-hydrogen) atoms. The van der Waals surface area contributed by atoms with Crippen molar-refractivity contribution < 1.29 is 18.3 Å². The minimum Gasteiger partial charge on any atom is -0.467 e. The van der Waals surface area contributed by atoms with Crippen molar-refractivity contribution in [2.75, 3.05) is 12.4 Å². The zero-order valence-electron chi connectivity index (χ0n) is 11.1. The Balaban J connectivity index is 2.36. The second-order valence-electron chi connectivity index (χ2n) is 4.27. The molecule has 3 nitrogen and oxygen atoms in total. The number of methoxy groups -OCH3 is 1. The number of benzene rings is 2. The highest BCUT2D eigenvalue weighted by Gasteiger charge is 2.25. The summed E-state index contributed by atoms with van der Waals surface area (Å²) in [6, 6.07) is 8.75. The Hall–Kier alpha value is -1.95. The zero-order valence-corrected chi connectivity index (χ0v) is 12.7. The first kappa shape index (κ1) is 15.4. The van der Waals surface area contributed by atoms with Gasteiger partial charge in [-0.3, -0.25) is 0 Å². The second-order valence-corrected chi connectivity index (χ2v) is 5.19. The predicted molar refractivity (Wildman–Crippen MR) is 78.9 cm³/mol. The van der Waals surface area contributed by atoms with E-state index < -0.39 is 23.6 Å². The van der Waals surface area contributed by atoms with Crippen LogP contribution in [0.2, 0.25) is 0 Å². The minimum absolute atomic E-state index is 0.107. The van der Waals surface area contributed by atoms with Crippen LogP contribution in [0.1, 0.15) is 11.6 Å². The van der Waals surface area contributed by atoms with Crippen LogP contribution in [0, 0.1) is 11.6 Å². The van der Waals surface area contributed by atoms with Crippen LogP contribution in [0.15, 0.2) is 46.9 Å². The maximum atomic E-state index is 13.9. The third kappa shape index (κ3) is 3.78. The summed E-state index contributed by atoms with van der Waals surface area (Å²) >= 11 is 3.29. The molecule has 0 aromatic heterocycles. The first-order valence-electron chi connectivity index (χ1n) is 6.06. The number of nitrogens with one attached hydrogen (secondary N) is 1. The van der Waals surface area contributed by atoms with E-state index in [1.807, 2.05) is 0 Å². The standard InChI is InChI=1S/C15H12BrF2NO2/c1-21-15(20)14(12-8-10(17)4-7-13(12)18)19-11-5-2-9(16)3-6-11/h2-8,14,19H,1H3. The lowest BCUT2D eigenvalue weighted by Crippen LogP contribution is -2.23. The van der Waals surface area contributed by atoms with Crippen molar-refractivity contribution in [3.05, 3.63) is 64.1 Å². The fourth-order valence-electron chi connectivity index (χ4n) is 1.83. The van der Waals surface area contributed by atoms with Gasteiger partial charge in [0, 0.05) is 15.7 Å². The number of halogens is 3. The smallest absolute Gasteiger partial charge is 0.333 e. The minimum atomic E-state index is -1.13. The molecule has 0 spiro atoms. The van der Waals surface area contributed by atoms with E-state index in [1.54, 1.807) is 24.3 Å². The third-order valence-electron chi connectivity index (χ3n) is 2.86. The summed E-state index contributed by atoms with van der Waals surface area (Å²) in [6.07, 6.45) is 0. The highest BCUT2D eigenvalue weighted by molar-refractivity contribution is 9.10. The highest BCUT2D eigenvalue weighted by atomic mass is 79.9. The largest absolute Gasteiger partial charge is 0.467 e. The Morgan fingerprint density at radius 2 is 1.86 bits per heavy atom. The molecule has 6 heteroatoms. The van der Waals surface area contributed by atoms with E-state index in [-0.39, 0.29) is 5.56 Å². The normalized spacial score (nSPS) is 11.8. The number of carbonyl (C=O) groups is 1. The summed E-state index contributed by atoms with van der Waals surface area (Å²) in [4.78, 5) is 11.9. The summed E-state index contributed by atoms with van der Waals surface area (Å²) in [7, 11) is 1.19. The van der Waals surface area contributed by atoms with E-state index in [1.165, 1.54) is 7.11 Å². The van der Waals surface area contributed by atoms with Crippen LogP contribution in [-0.2, 0) is 9.53 Å². The molecule has 2 rings (SSSR count). The Labute approximate surface area is 129 Å². The SMILES string of the molecule is COC(=O)C(Nc1ccc(Br)cc1)c1cc(F)ccc1F. The number of ether oxygens (including phenoxy) is 1. The van der Waals surface area contributed by atoms with Crippen molar-refractivity contribution in [3.63, 3.8) is 0 Å². The molecule has 0 radical (unpaired) electrons. The first-order chi connectivity index (χ1) is 10.0. The van der Waals surface area contributed by atoms with Crippen molar-refractivity contribution >= 4 is 27.6 Å². The lowest BCUT2D eigenvalue weighted by molar-refractivity contribution is -0.141. The lowest BCUT2D eigenvalue weighted by Gasteiger charge is -2.18. The molecule has 0 amide bonds. The molecule has 1 unspecified atom stereocenters. The molecule has 110 valence electrons. The molecule has 0 aliphatic rings. The summed E-state index contributed by atoms with van der Waals surface area (Å²) < 4.78 is 32.7. The molecular formula is C15H12BrF2NO2. The maximum Gasteiger partial charge on any atom is 0.333 e. The van der Waals surface area contributed by atoms with Gasteiger partial charge in [-0.1, -0.05) is 15.9 Å². The molecule has 2 aromatic rings. The average Bonchev–Trinajstić information content (AvgIpc) is 2.48. The van der Waals surface area contributed by atoms with Crippen molar-refractivity contribution in [2.24, 2.45) is 0 Å². The number of anilines is 1. The van der Waals surface area contributed by atoms with Crippen LogP contribution < -0.4 is 5.32 Å². The van der Waals surface area contributed by atoms with Gasteiger partial charge in [0.2, 0.25) is 0 Å². The summed E-state index contributed by atoms with van der Waals surface area (Å²) in [5, 5.41) is 2.84. The van der Waals surface area contributed by atoms with Gasteiger partial charge in [-0.15, -0.1) is 0 Å². The molecule has 0 fully saturated rings. The lowest BCUT2D eigenvalue weighted by atomic mass is 10.1. The average molecular weight is 356 g/mol. The molecule has 0 bridgehead atoms. The van der Waals surface area contributed by atoms with Crippen molar-refractivity contribution in [1.29, 1.82) is 0 Å². The van der Waals surface area contributed by atoms with E-state index in [2.05, 4.69) is 26.0 Å². The zero-order chi connectivity index (χ0) is 15.4. The van der Waals surface area contributed by atoms with Gasteiger partial charge >= 0.3 is 5.97 Å². The van der Waals surface area contributed by atoms with Gasteiger partial charge in [-0.25, -0.2) is 13.6 Å². The van der Waals surface area contributed by atoms with Crippen LogP contribution in [0.25, 0.3) is 0 Å². The molecular weight excluding hydrogens is 344 g/mol. The maximum absolute atomic E-state index is 13.9. The Morgan fingerprint density at radius 1 is 1.19 bits per heavy atom. The summed E-state index contributed by atoms with van der Waals surface area (Å²) in [6.45, 7) is 0. The van der Waals surface area contributed by atoms with Crippen molar-refractivity contribution in [3.8, 4) is 0 Å². The van der Waals surface area contributed by atoms with Gasteiger partial charge in [-0.05, 0) is 42.5 Å². The number of carbonyl (C=O) groups excluding carboxylic acids is 1. The van der Waals surface area contributed by atoms with Crippen LogP contribution in [0.3, 0.4) is 0 Å². The summed E-state index contributed by atoms with van der Waals surface area (Å²) in [5.41, 5.74) is 0.474. The Kier molecular flexibility index (Phi) is 4.90. The highest BCUT2D eigenvalue weighted by Crippen LogP contribution is 2.25. The van der Waals surface area contributed by atoms with Crippen LogP contribution in [-0.4, -0.2) is 13.1 Å². The van der Waals surface area contributed by atoms with Gasteiger partial charge in [0.25, 0.3) is 0 Å². The van der Waals surface area contributed by atoms with E-state index >= 15 is 0 Å². The molecule has 1 N–H and O–H groups in total. The molecule has 0 heterocycles. The molecule has 0 saturated heterocycles. The number of esters is 1. The van der Waals surface area contributed by atoms with E-state index in [0.717, 1.165) is 22.7 Å². The topological polar surface area (TPSA) is 38.3 Å². The third-order valence-corrected chi connectivity index (χ3v) is 3.39. The molecule has 1 atom stereocenters. The van der Waals surface area contributed by atoms with Gasteiger partial charge in [-0.2, -0.15) is 0 Å². The Bertz CT molecular complexity index is 647. The first-order valence-corrected chi connectivity index (χ1v) is 6.85. The van der Waals surface area contributed by atoms with E-state index in [9.17, 15) is 13.6 Å². The van der Waals surface area contributed by atoms with Gasteiger partial charge in [0.05, 0.1) is 7.11 Å². The second kappa shape index (κ2) is 6.67. The molecule has 0 saturated carbocycles. The Morgan fingerprint density at radius 3 is 2.48 bits per heavy atom. The monoisotopic (exact) mass is 355 g/mol. The molecule has 2 aromatic carbocycles. The van der Waals surface area contributed by atoms with Gasteiger partial charge in [0.1, 0.15) is 11.6 Å². The quantitative estimate of drug-likeness (QED) is 0.840. The molecule has 0 aliphatic carbocycles. The fourth-order valence-corrected chi connectivity index (χ4v) is 2.09. The molecule has 0 aliphatic heterocycles. The van der Waals surface area contributed by atoms with E-state index in [4.69, 9.17) is 0 Å². The number of rotatable bonds is 4. The number of hydrogen-bond acceptors (Lipinski definition) is 3. The van der Waals surface area contributed by atoms with Gasteiger partial charge < -0.3 is 10.1 Å². The van der Waals surface area contributed by atoms with Crippen molar-refractivity contribution in [1.82, 2.24) is 0 Å².